The van der Waals surface area contributed by atoms with Crippen molar-refractivity contribution in [3.63, 3.8) is 0 Å². The first kappa shape index (κ1) is 10.8. The molecule has 0 radical (unpaired) electrons. The minimum Gasteiger partial charge on any atom is -0.446 e. The summed E-state index contributed by atoms with van der Waals surface area (Å²) in [7, 11) is 0. The van der Waals surface area contributed by atoms with Crippen LogP contribution in [0, 0.1) is 5.92 Å². The Morgan fingerprint density at radius 1 is 1.27 bits per heavy atom. The maximum atomic E-state index is 11.7. The molecule has 1 aliphatic heterocycles. The van der Waals surface area contributed by atoms with Gasteiger partial charge in [0.1, 0.15) is 6.10 Å². The molecule has 15 heavy (non-hydrogen) atoms. The molecule has 0 bridgehead atoms. The number of nitrogens with zero attached hydrogens (tertiary/aromatic N) is 1. The van der Waals surface area contributed by atoms with Gasteiger partial charge in [0.05, 0.1) is 0 Å². The van der Waals surface area contributed by atoms with E-state index in [-0.39, 0.29) is 12.2 Å². The van der Waals surface area contributed by atoms with Crippen LogP contribution in [0.15, 0.2) is 0 Å². The number of carbonyl (C=O) groups excluding carboxylic acids is 1. The fraction of sp³-hybridized carbons (Fsp3) is 0.917. The second-order valence-corrected chi connectivity index (χ2v) is 4.78. The summed E-state index contributed by atoms with van der Waals surface area (Å²) in [6.45, 7) is 4.02. The first-order valence-electron chi connectivity index (χ1n) is 6.25. The van der Waals surface area contributed by atoms with Crippen LogP contribution in [0.5, 0.6) is 0 Å². The number of rotatable bonds is 2. The third-order valence-electron chi connectivity index (χ3n) is 3.77. The Hall–Kier alpha value is -0.730. The lowest BCUT2D eigenvalue weighted by Gasteiger charge is -2.33. The van der Waals surface area contributed by atoms with Crippen LogP contribution in [0.4, 0.5) is 4.79 Å². The van der Waals surface area contributed by atoms with Crippen molar-refractivity contribution in [2.45, 2.75) is 51.6 Å². The van der Waals surface area contributed by atoms with Crippen LogP contribution < -0.4 is 0 Å². The van der Waals surface area contributed by atoms with Crippen LogP contribution in [-0.2, 0) is 4.74 Å². The van der Waals surface area contributed by atoms with Crippen LogP contribution in [-0.4, -0.2) is 30.2 Å². The molecule has 0 atom stereocenters. The molecule has 86 valence electrons. The lowest BCUT2D eigenvalue weighted by molar-refractivity contribution is 0.0204. The van der Waals surface area contributed by atoms with E-state index in [2.05, 4.69) is 6.92 Å². The van der Waals surface area contributed by atoms with E-state index >= 15 is 0 Å². The molecule has 2 fully saturated rings. The van der Waals surface area contributed by atoms with Crippen molar-refractivity contribution in [3.8, 4) is 0 Å². The maximum Gasteiger partial charge on any atom is 0.410 e. The van der Waals surface area contributed by atoms with Crippen LogP contribution in [0.2, 0.25) is 0 Å². The monoisotopic (exact) mass is 211 g/mol. The predicted molar refractivity (Wildman–Crippen MR) is 58.7 cm³/mol. The molecule has 0 aromatic rings. The van der Waals surface area contributed by atoms with Gasteiger partial charge >= 0.3 is 6.09 Å². The van der Waals surface area contributed by atoms with Gasteiger partial charge in [-0.05, 0) is 38.0 Å². The predicted octanol–water partition coefficient (Wildman–Crippen LogP) is 2.80. The molecule has 2 rings (SSSR count). The minimum absolute atomic E-state index is 0.0748. The summed E-state index contributed by atoms with van der Waals surface area (Å²) in [6.07, 6.45) is 7.04. The Bertz CT molecular complexity index is 218. The molecule has 1 saturated heterocycles. The third kappa shape index (κ3) is 2.64. The summed E-state index contributed by atoms with van der Waals surface area (Å²) in [6, 6.07) is 0. The van der Waals surface area contributed by atoms with Crippen LogP contribution in [0.3, 0.4) is 0 Å². The highest BCUT2D eigenvalue weighted by molar-refractivity contribution is 5.68. The third-order valence-corrected chi connectivity index (χ3v) is 3.77. The van der Waals surface area contributed by atoms with Gasteiger partial charge in [0, 0.05) is 13.1 Å². The maximum absolute atomic E-state index is 11.7. The lowest BCUT2D eigenvalue weighted by atomic mass is 9.94. The first-order chi connectivity index (χ1) is 7.29. The van der Waals surface area contributed by atoms with Gasteiger partial charge in [0.25, 0.3) is 0 Å². The highest BCUT2D eigenvalue weighted by atomic mass is 16.6. The second-order valence-electron chi connectivity index (χ2n) is 4.78. The Kier molecular flexibility index (Phi) is 3.49. The van der Waals surface area contributed by atoms with Crippen molar-refractivity contribution in [2.75, 3.05) is 13.1 Å². The van der Waals surface area contributed by atoms with Crippen molar-refractivity contribution in [3.05, 3.63) is 0 Å². The van der Waals surface area contributed by atoms with Gasteiger partial charge in [-0.15, -0.1) is 0 Å². The first-order valence-corrected chi connectivity index (χ1v) is 6.25. The van der Waals surface area contributed by atoms with Crippen LogP contribution >= 0.6 is 0 Å². The SMILES string of the molecule is CCC1CCN(C(=O)OC2CCC2)CC1. The zero-order valence-electron chi connectivity index (χ0n) is 9.58. The van der Waals surface area contributed by atoms with Gasteiger partial charge in [-0.2, -0.15) is 0 Å². The van der Waals surface area contributed by atoms with Gasteiger partial charge in [-0.25, -0.2) is 4.79 Å². The van der Waals surface area contributed by atoms with E-state index in [1.807, 2.05) is 4.90 Å². The Morgan fingerprint density at radius 3 is 2.40 bits per heavy atom. The number of ether oxygens (including phenoxy) is 1. The van der Waals surface area contributed by atoms with E-state index in [1.54, 1.807) is 0 Å². The van der Waals surface area contributed by atoms with Gasteiger partial charge in [0.15, 0.2) is 0 Å². The molecule has 3 heteroatoms. The number of amides is 1. The number of hydrogen-bond donors (Lipinski definition) is 0. The smallest absolute Gasteiger partial charge is 0.410 e. The average Bonchev–Trinajstić information content (AvgIpc) is 2.23. The number of hydrogen-bond acceptors (Lipinski definition) is 2. The lowest BCUT2D eigenvalue weighted by Crippen LogP contribution is -2.41. The summed E-state index contributed by atoms with van der Waals surface area (Å²) >= 11 is 0. The highest BCUT2D eigenvalue weighted by Gasteiger charge is 2.27. The molecule has 1 saturated carbocycles. The quantitative estimate of drug-likeness (QED) is 0.703. The molecule has 0 spiro atoms. The molecule has 0 N–H and O–H groups in total. The number of piperidine rings is 1. The molecule has 1 heterocycles. The zero-order chi connectivity index (χ0) is 10.7. The average molecular weight is 211 g/mol. The second kappa shape index (κ2) is 4.86. The zero-order valence-corrected chi connectivity index (χ0v) is 9.58. The van der Waals surface area contributed by atoms with E-state index in [0.29, 0.717) is 0 Å². The van der Waals surface area contributed by atoms with Crippen LogP contribution in [0.1, 0.15) is 45.4 Å². The Labute approximate surface area is 91.8 Å². The van der Waals surface area contributed by atoms with E-state index in [4.69, 9.17) is 4.74 Å². The minimum atomic E-state index is -0.0748. The van der Waals surface area contributed by atoms with Crippen molar-refractivity contribution in [2.24, 2.45) is 5.92 Å². The molecular formula is C12H21NO2. The molecular weight excluding hydrogens is 190 g/mol. The summed E-state index contributed by atoms with van der Waals surface area (Å²) in [5, 5.41) is 0. The summed E-state index contributed by atoms with van der Waals surface area (Å²) in [5.41, 5.74) is 0. The van der Waals surface area contributed by atoms with Gasteiger partial charge < -0.3 is 9.64 Å². The van der Waals surface area contributed by atoms with Crippen molar-refractivity contribution in [1.82, 2.24) is 4.90 Å². The molecule has 0 aromatic carbocycles. The van der Waals surface area contributed by atoms with Gasteiger partial charge in [-0.3, -0.25) is 0 Å². The number of carbonyl (C=O) groups is 1. The fourth-order valence-electron chi connectivity index (χ4n) is 2.23. The highest BCUT2D eigenvalue weighted by Crippen LogP contribution is 2.25. The Morgan fingerprint density at radius 2 is 1.93 bits per heavy atom. The number of likely N-dealkylation sites (tertiary alicyclic amines) is 1. The summed E-state index contributed by atoms with van der Waals surface area (Å²) < 4.78 is 5.38. The van der Waals surface area contributed by atoms with E-state index < -0.39 is 0 Å². The van der Waals surface area contributed by atoms with Crippen molar-refractivity contribution >= 4 is 6.09 Å². The molecule has 0 aromatic heterocycles. The normalized spacial score (nSPS) is 23.7. The topological polar surface area (TPSA) is 29.5 Å². The molecule has 2 aliphatic rings. The molecule has 1 aliphatic carbocycles. The van der Waals surface area contributed by atoms with E-state index in [0.717, 1.165) is 44.7 Å². The fourth-order valence-corrected chi connectivity index (χ4v) is 2.23. The largest absolute Gasteiger partial charge is 0.446 e. The molecule has 0 unspecified atom stereocenters. The molecule has 1 amide bonds. The summed E-state index contributed by atoms with van der Waals surface area (Å²) in [4.78, 5) is 13.6. The Balaban J connectivity index is 1.71. The van der Waals surface area contributed by atoms with Crippen LogP contribution in [0.25, 0.3) is 0 Å². The molecule has 3 nitrogen and oxygen atoms in total. The van der Waals surface area contributed by atoms with Gasteiger partial charge in [0.2, 0.25) is 0 Å². The standard InChI is InChI=1S/C12H21NO2/c1-2-10-6-8-13(9-7-10)12(14)15-11-4-3-5-11/h10-11H,2-9H2,1H3. The van der Waals surface area contributed by atoms with Gasteiger partial charge in [-0.1, -0.05) is 13.3 Å². The van der Waals surface area contributed by atoms with Crippen molar-refractivity contribution < 1.29 is 9.53 Å². The van der Waals surface area contributed by atoms with Crippen molar-refractivity contribution in [1.29, 1.82) is 0 Å². The van der Waals surface area contributed by atoms with E-state index in [9.17, 15) is 4.79 Å². The summed E-state index contributed by atoms with van der Waals surface area (Å²) in [5.74, 6) is 0.817. The van der Waals surface area contributed by atoms with E-state index in [1.165, 1.54) is 12.8 Å².